The Bertz CT molecular complexity index is 359. The second kappa shape index (κ2) is 4.87. The second-order valence-corrected chi connectivity index (χ2v) is 2.96. The Morgan fingerprint density at radius 3 is 2.25 bits per heavy atom. The molecule has 0 atom stereocenters. The van der Waals surface area contributed by atoms with Crippen molar-refractivity contribution >= 4 is 5.90 Å². The van der Waals surface area contributed by atoms with Crippen molar-refractivity contribution in [3.05, 3.63) is 29.8 Å². The Labute approximate surface area is 90.3 Å². The van der Waals surface area contributed by atoms with Crippen molar-refractivity contribution in [3.63, 3.8) is 0 Å². The van der Waals surface area contributed by atoms with Gasteiger partial charge in [-0.1, -0.05) is 12.1 Å². The van der Waals surface area contributed by atoms with Gasteiger partial charge in [-0.05, 0) is 17.7 Å². The van der Waals surface area contributed by atoms with Gasteiger partial charge in [0.15, 0.2) is 0 Å². The number of nitrogens with one attached hydrogen (secondary N) is 1. The average molecular weight is 233 g/mol. The van der Waals surface area contributed by atoms with E-state index in [0.717, 1.165) is 0 Å². The van der Waals surface area contributed by atoms with Crippen LogP contribution in [0.4, 0.5) is 13.2 Å². The van der Waals surface area contributed by atoms with Gasteiger partial charge in [0.2, 0.25) is 0 Å². The fourth-order valence-electron chi connectivity index (χ4n) is 0.959. The minimum Gasteiger partial charge on any atom is -0.497 e. The summed E-state index contributed by atoms with van der Waals surface area (Å²) >= 11 is 0. The molecule has 88 valence electrons. The number of ether oxygens (including phenoxy) is 2. The summed E-state index contributed by atoms with van der Waals surface area (Å²) in [5, 5.41) is 6.60. The van der Waals surface area contributed by atoms with Crippen LogP contribution in [0.15, 0.2) is 24.3 Å². The fraction of sp³-hybridized carbons (Fsp3) is 0.300. The molecule has 3 nitrogen and oxygen atoms in total. The summed E-state index contributed by atoms with van der Waals surface area (Å²) in [4.78, 5) is 0. The normalized spacial score (nSPS) is 11.0. The van der Waals surface area contributed by atoms with Crippen LogP contribution in [-0.4, -0.2) is 19.2 Å². The molecule has 0 radical (unpaired) electrons. The van der Waals surface area contributed by atoms with Gasteiger partial charge in [-0.15, -0.1) is 0 Å². The quantitative estimate of drug-likeness (QED) is 0.644. The lowest BCUT2D eigenvalue weighted by Gasteiger charge is -2.10. The van der Waals surface area contributed by atoms with Crippen LogP contribution in [0.2, 0.25) is 0 Å². The minimum atomic E-state index is -4.73. The largest absolute Gasteiger partial charge is 0.497 e. The van der Waals surface area contributed by atoms with Crippen LogP contribution in [0.1, 0.15) is 5.56 Å². The van der Waals surface area contributed by atoms with Crippen molar-refractivity contribution < 1.29 is 22.6 Å². The minimum absolute atomic E-state index is 0.289. The number of methoxy groups -OCH3 is 1. The molecule has 0 heterocycles. The second-order valence-electron chi connectivity index (χ2n) is 2.96. The van der Waals surface area contributed by atoms with Crippen LogP contribution in [0.25, 0.3) is 0 Å². The zero-order chi connectivity index (χ0) is 12.2. The van der Waals surface area contributed by atoms with Crippen molar-refractivity contribution in [2.45, 2.75) is 12.8 Å². The molecule has 0 aliphatic carbocycles. The van der Waals surface area contributed by atoms with Crippen LogP contribution >= 0.6 is 0 Å². The third kappa shape index (κ3) is 3.45. The molecule has 6 heteroatoms. The van der Waals surface area contributed by atoms with Crippen molar-refractivity contribution in [2.24, 2.45) is 0 Å². The van der Waals surface area contributed by atoms with E-state index in [1.807, 2.05) is 0 Å². The standard InChI is InChI=1S/C10H10F3NO2/c1-15-8-4-2-7(3-5-8)6-16-9(14)10(11,12)13/h2-5,14H,6H2,1H3. The third-order valence-electron chi connectivity index (χ3n) is 1.80. The van der Waals surface area contributed by atoms with Crippen LogP contribution in [0.5, 0.6) is 5.75 Å². The lowest BCUT2D eigenvalue weighted by molar-refractivity contribution is -0.0804. The highest BCUT2D eigenvalue weighted by molar-refractivity contribution is 5.78. The smallest absolute Gasteiger partial charge is 0.467 e. The Morgan fingerprint density at radius 2 is 1.81 bits per heavy atom. The van der Waals surface area contributed by atoms with Crippen LogP contribution in [0, 0.1) is 5.41 Å². The van der Waals surface area contributed by atoms with Gasteiger partial charge in [0.05, 0.1) is 7.11 Å². The SMILES string of the molecule is COc1ccc(COC(=N)C(F)(F)F)cc1. The van der Waals surface area contributed by atoms with Gasteiger partial charge in [-0.2, -0.15) is 13.2 Å². The van der Waals surface area contributed by atoms with Crippen molar-refractivity contribution in [1.82, 2.24) is 0 Å². The van der Waals surface area contributed by atoms with Gasteiger partial charge in [0.25, 0.3) is 5.90 Å². The first-order valence-electron chi connectivity index (χ1n) is 4.35. The summed E-state index contributed by atoms with van der Waals surface area (Å²) < 4.78 is 44.9. The van der Waals surface area contributed by atoms with Gasteiger partial charge >= 0.3 is 6.18 Å². The summed E-state index contributed by atoms with van der Waals surface area (Å²) in [6.07, 6.45) is -4.73. The Balaban J connectivity index is 2.52. The molecule has 0 aliphatic heterocycles. The van der Waals surface area contributed by atoms with E-state index in [0.29, 0.717) is 11.3 Å². The highest BCUT2D eigenvalue weighted by atomic mass is 19.4. The molecule has 0 saturated heterocycles. The highest BCUT2D eigenvalue weighted by Crippen LogP contribution is 2.18. The number of rotatable bonds is 3. The van der Waals surface area contributed by atoms with Crippen LogP contribution in [-0.2, 0) is 11.3 Å². The van der Waals surface area contributed by atoms with Gasteiger partial charge in [0.1, 0.15) is 12.4 Å². The molecule has 0 unspecified atom stereocenters. The van der Waals surface area contributed by atoms with E-state index >= 15 is 0 Å². The zero-order valence-electron chi connectivity index (χ0n) is 8.47. The molecule has 1 rings (SSSR count). The molecule has 0 fully saturated rings. The van der Waals surface area contributed by atoms with Gasteiger partial charge in [-0.3, -0.25) is 5.41 Å². The molecule has 0 aromatic heterocycles. The predicted octanol–water partition coefficient (Wildman–Crippen LogP) is 2.75. The number of benzene rings is 1. The first-order chi connectivity index (χ1) is 7.43. The van der Waals surface area contributed by atoms with Crippen LogP contribution < -0.4 is 4.74 Å². The van der Waals surface area contributed by atoms with Crippen molar-refractivity contribution in [1.29, 1.82) is 5.41 Å². The summed E-state index contributed by atoms with van der Waals surface area (Å²) in [5.41, 5.74) is 0.537. The molecular weight excluding hydrogens is 223 g/mol. The summed E-state index contributed by atoms with van der Waals surface area (Å²) in [6.45, 7) is -0.289. The predicted molar refractivity (Wildman–Crippen MR) is 51.6 cm³/mol. The number of halogens is 3. The number of hydrogen-bond acceptors (Lipinski definition) is 3. The number of alkyl halides is 3. The van der Waals surface area contributed by atoms with E-state index in [1.165, 1.54) is 7.11 Å². The maximum atomic E-state index is 11.9. The maximum Gasteiger partial charge on any atom is 0.467 e. The maximum absolute atomic E-state index is 11.9. The molecule has 0 aliphatic rings. The van der Waals surface area contributed by atoms with Gasteiger partial charge in [0, 0.05) is 0 Å². The van der Waals surface area contributed by atoms with Gasteiger partial charge in [-0.25, -0.2) is 0 Å². The van der Waals surface area contributed by atoms with Crippen molar-refractivity contribution in [3.8, 4) is 5.75 Å². The van der Waals surface area contributed by atoms with E-state index < -0.39 is 12.1 Å². The molecule has 0 amide bonds. The third-order valence-corrected chi connectivity index (χ3v) is 1.80. The van der Waals surface area contributed by atoms with E-state index in [2.05, 4.69) is 4.74 Å². The zero-order valence-corrected chi connectivity index (χ0v) is 8.47. The first kappa shape index (κ1) is 12.4. The van der Waals surface area contributed by atoms with Crippen LogP contribution in [0.3, 0.4) is 0 Å². The molecule has 16 heavy (non-hydrogen) atoms. The van der Waals surface area contributed by atoms with E-state index in [9.17, 15) is 13.2 Å². The molecule has 0 spiro atoms. The molecule has 1 aromatic carbocycles. The summed E-state index contributed by atoms with van der Waals surface area (Å²) in [7, 11) is 1.49. The van der Waals surface area contributed by atoms with Crippen molar-refractivity contribution in [2.75, 3.05) is 7.11 Å². The van der Waals surface area contributed by atoms with E-state index in [-0.39, 0.29) is 6.61 Å². The number of hydrogen-bond donors (Lipinski definition) is 1. The lowest BCUT2D eigenvalue weighted by atomic mass is 10.2. The molecule has 0 saturated carbocycles. The summed E-state index contributed by atoms with van der Waals surface area (Å²) in [6, 6.07) is 6.36. The molecule has 1 N–H and O–H groups in total. The van der Waals surface area contributed by atoms with E-state index in [1.54, 1.807) is 24.3 Å². The monoisotopic (exact) mass is 233 g/mol. The highest BCUT2D eigenvalue weighted by Gasteiger charge is 2.36. The average Bonchev–Trinajstić information content (AvgIpc) is 2.25. The molecule has 1 aromatic rings. The molecule has 0 bridgehead atoms. The van der Waals surface area contributed by atoms with E-state index in [4.69, 9.17) is 10.1 Å². The lowest BCUT2D eigenvalue weighted by Crippen LogP contribution is -2.24. The Kier molecular flexibility index (Phi) is 3.76. The summed E-state index contributed by atoms with van der Waals surface area (Å²) in [5.74, 6) is -1.09. The topological polar surface area (TPSA) is 42.3 Å². The first-order valence-corrected chi connectivity index (χ1v) is 4.35. The Morgan fingerprint density at radius 1 is 1.25 bits per heavy atom. The Hall–Kier alpha value is -1.72. The van der Waals surface area contributed by atoms with Gasteiger partial charge < -0.3 is 9.47 Å². The molecular formula is C10H10F3NO2. The fourth-order valence-corrected chi connectivity index (χ4v) is 0.959.